The van der Waals surface area contributed by atoms with E-state index in [1.807, 2.05) is 17.0 Å². The molecule has 3 N–H and O–H groups in total. The average Bonchev–Trinajstić information content (AvgIpc) is 2.93. The van der Waals surface area contributed by atoms with Crippen molar-refractivity contribution >= 4 is 24.2 Å². The van der Waals surface area contributed by atoms with E-state index in [0.717, 1.165) is 0 Å². The summed E-state index contributed by atoms with van der Waals surface area (Å²) in [6.07, 6.45) is 2.33. The Hall–Kier alpha value is -1.59. The van der Waals surface area contributed by atoms with E-state index in [0.29, 0.717) is 51.9 Å². The highest BCUT2D eigenvalue weighted by atomic mass is 35.5. The summed E-state index contributed by atoms with van der Waals surface area (Å²) in [5, 5.41) is 2.82. The van der Waals surface area contributed by atoms with Gasteiger partial charge in [0.05, 0.1) is 0 Å². The van der Waals surface area contributed by atoms with E-state index in [1.54, 1.807) is 0 Å². The first-order valence-corrected chi connectivity index (χ1v) is 7.52. The van der Waals surface area contributed by atoms with Gasteiger partial charge in [0.1, 0.15) is 0 Å². The Morgan fingerprint density at radius 2 is 1.73 bits per heavy atom. The minimum Gasteiger partial charge on any atom is -0.356 e. The topological polar surface area (TPSA) is 75.4 Å². The van der Waals surface area contributed by atoms with Crippen molar-refractivity contribution in [3.8, 4) is 0 Å². The molecule has 1 aromatic rings. The molecule has 0 spiro atoms. The van der Waals surface area contributed by atoms with Crippen molar-refractivity contribution in [2.45, 2.75) is 38.8 Å². The van der Waals surface area contributed by atoms with E-state index in [-0.39, 0.29) is 24.2 Å². The standard InChI is InChI=1S/C16H23N3O2.ClH/c17-9-3-7-15(20)18-10-4-8-16(21)19-11-13-5-1-2-6-14(13)12-19;/h1-2,5-6H,3-4,7-12,17H2,(H,18,20);1H. The molecule has 0 radical (unpaired) electrons. The van der Waals surface area contributed by atoms with E-state index in [2.05, 4.69) is 17.4 Å². The number of halogens is 1. The van der Waals surface area contributed by atoms with Crippen LogP contribution in [0.15, 0.2) is 24.3 Å². The van der Waals surface area contributed by atoms with Gasteiger partial charge in [-0.25, -0.2) is 0 Å². The Bertz CT molecular complexity index is 483. The second-order valence-electron chi connectivity index (χ2n) is 5.36. The zero-order valence-electron chi connectivity index (χ0n) is 12.7. The molecule has 0 atom stereocenters. The molecule has 1 heterocycles. The molecule has 0 aliphatic carbocycles. The number of nitrogens with zero attached hydrogens (tertiary/aromatic N) is 1. The van der Waals surface area contributed by atoms with Crippen molar-refractivity contribution in [2.24, 2.45) is 5.73 Å². The number of nitrogens with two attached hydrogens (primary N) is 1. The molecule has 5 nitrogen and oxygen atoms in total. The summed E-state index contributed by atoms with van der Waals surface area (Å²) in [7, 11) is 0. The van der Waals surface area contributed by atoms with Crippen molar-refractivity contribution in [3.05, 3.63) is 35.4 Å². The molecule has 1 aliphatic rings. The van der Waals surface area contributed by atoms with Gasteiger partial charge in [-0.15, -0.1) is 12.4 Å². The molecule has 0 fully saturated rings. The van der Waals surface area contributed by atoms with Gasteiger partial charge in [-0.2, -0.15) is 0 Å². The summed E-state index contributed by atoms with van der Waals surface area (Å²) in [6, 6.07) is 8.15. The van der Waals surface area contributed by atoms with Crippen LogP contribution in [-0.4, -0.2) is 29.8 Å². The maximum Gasteiger partial charge on any atom is 0.223 e. The highest BCUT2D eigenvalue weighted by Crippen LogP contribution is 2.22. The molecule has 0 saturated carbocycles. The number of benzene rings is 1. The third kappa shape index (κ3) is 5.31. The van der Waals surface area contributed by atoms with Crippen LogP contribution < -0.4 is 11.1 Å². The first-order valence-electron chi connectivity index (χ1n) is 7.52. The Labute approximate surface area is 137 Å². The summed E-state index contributed by atoms with van der Waals surface area (Å²) in [5.74, 6) is 0.170. The van der Waals surface area contributed by atoms with Crippen LogP contribution >= 0.6 is 12.4 Å². The van der Waals surface area contributed by atoms with Crippen molar-refractivity contribution < 1.29 is 9.59 Å². The van der Waals surface area contributed by atoms with Crippen molar-refractivity contribution in [1.29, 1.82) is 0 Å². The maximum atomic E-state index is 12.1. The van der Waals surface area contributed by atoms with Gasteiger partial charge >= 0.3 is 0 Å². The van der Waals surface area contributed by atoms with Gasteiger partial charge < -0.3 is 16.0 Å². The molecule has 0 saturated heterocycles. The van der Waals surface area contributed by atoms with E-state index in [9.17, 15) is 9.59 Å². The lowest BCUT2D eigenvalue weighted by molar-refractivity contribution is -0.132. The Kier molecular flexibility index (Phi) is 7.91. The number of carbonyl (C=O) groups excluding carboxylic acids is 2. The normalized spacial score (nSPS) is 12.5. The van der Waals surface area contributed by atoms with E-state index in [4.69, 9.17) is 5.73 Å². The van der Waals surface area contributed by atoms with Crippen LogP contribution in [-0.2, 0) is 22.7 Å². The minimum atomic E-state index is 0. The number of hydrogen-bond acceptors (Lipinski definition) is 3. The molecule has 1 aliphatic heterocycles. The number of nitrogens with one attached hydrogen (secondary N) is 1. The molecule has 122 valence electrons. The Morgan fingerprint density at radius 3 is 2.32 bits per heavy atom. The van der Waals surface area contributed by atoms with Crippen molar-refractivity contribution in [1.82, 2.24) is 10.2 Å². The van der Waals surface area contributed by atoms with Gasteiger partial charge in [0, 0.05) is 32.5 Å². The summed E-state index contributed by atoms with van der Waals surface area (Å²) >= 11 is 0. The number of fused-ring (bicyclic) bond motifs is 1. The van der Waals surface area contributed by atoms with Gasteiger partial charge in [0.2, 0.25) is 11.8 Å². The van der Waals surface area contributed by atoms with Crippen LogP contribution in [0.1, 0.15) is 36.8 Å². The molecule has 1 aromatic carbocycles. The second kappa shape index (κ2) is 9.43. The van der Waals surface area contributed by atoms with Gasteiger partial charge in [-0.1, -0.05) is 24.3 Å². The first-order chi connectivity index (χ1) is 10.2. The zero-order chi connectivity index (χ0) is 15.1. The summed E-state index contributed by atoms with van der Waals surface area (Å²) in [6.45, 7) is 2.49. The van der Waals surface area contributed by atoms with E-state index in [1.165, 1.54) is 11.1 Å². The number of carbonyl (C=O) groups is 2. The molecule has 6 heteroatoms. The highest BCUT2D eigenvalue weighted by Gasteiger charge is 2.22. The Morgan fingerprint density at radius 1 is 1.09 bits per heavy atom. The second-order valence-corrected chi connectivity index (χ2v) is 5.36. The average molecular weight is 326 g/mol. The zero-order valence-corrected chi connectivity index (χ0v) is 13.5. The highest BCUT2D eigenvalue weighted by molar-refractivity contribution is 5.85. The third-order valence-electron chi connectivity index (χ3n) is 3.69. The molecule has 0 unspecified atom stereocenters. The van der Waals surface area contributed by atoms with Crippen LogP contribution in [0.4, 0.5) is 0 Å². The minimum absolute atomic E-state index is 0. The Balaban J connectivity index is 0.00000242. The third-order valence-corrected chi connectivity index (χ3v) is 3.69. The molecule has 2 amide bonds. The molecule has 2 rings (SSSR count). The van der Waals surface area contributed by atoms with Gasteiger partial charge in [0.25, 0.3) is 0 Å². The van der Waals surface area contributed by atoms with Crippen LogP contribution in [0.3, 0.4) is 0 Å². The van der Waals surface area contributed by atoms with Gasteiger partial charge in [0.15, 0.2) is 0 Å². The largest absolute Gasteiger partial charge is 0.356 e. The number of hydrogen-bond donors (Lipinski definition) is 2. The lowest BCUT2D eigenvalue weighted by Crippen LogP contribution is -2.28. The first kappa shape index (κ1) is 18.5. The van der Waals surface area contributed by atoms with E-state index >= 15 is 0 Å². The fraction of sp³-hybridized carbons (Fsp3) is 0.500. The fourth-order valence-corrected chi connectivity index (χ4v) is 2.49. The molecular formula is C16H24ClN3O2. The lowest BCUT2D eigenvalue weighted by Gasteiger charge is -2.15. The van der Waals surface area contributed by atoms with Crippen LogP contribution in [0.25, 0.3) is 0 Å². The summed E-state index contributed by atoms with van der Waals surface area (Å²) in [5.41, 5.74) is 7.82. The predicted molar refractivity (Wildman–Crippen MR) is 88.5 cm³/mol. The van der Waals surface area contributed by atoms with Crippen LogP contribution in [0, 0.1) is 0 Å². The predicted octanol–water partition coefficient (Wildman–Crippen LogP) is 1.59. The quantitative estimate of drug-likeness (QED) is 0.747. The lowest BCUT2D eigenvalue weighted by atomic mass is 10.1. The van der Waals surface area contributed by atoms with Gasteiger partial charge in [-0.05, 0) is 30.5 Å². The summed E-state index contributed by atoms with van der Waals surface area (Å²) in [4.78, 5) is 25.4. The van der Waals surface area contributed by atoms with E-state index < -0.39 is 0 Å². The van der Waals surface area contributed by atoms with Crippen molar-refractivity contribution in [3.63, 3.8) is 0 Å². The van der Waals surface area contributed by atoms with Crippen molar-refractivity contribution in [2.75, 3.05) is 13.1 Å². The number of amides is 2. The molecular weight excluding hydrogens is 302 g/mol. The molecule has 22 heavy (non-hydrogen) atoms. The monoisotopic (exact) mass is 325 g/mol. The number of rotatable bonds is 7. The molecule has 0 aromatic heterocycles. The fourth-order valence-electron chi connectivity index (χ4n) is 2.49. The van der Waals surface area contributed by atoms with Gasteiger partial charge in [-0.3, -0.25) is 9.59 Å². The maximum absolute atomic E-state index is 12.1. The van der Waals surface area contributed by atoms with Crippen LogP contribution in [0.5, 0.6) is 0 Å². The SMILES string of the molecule is Cl.NCCCC(=O)NCCCC(=O)N1Cc2ccccc2C1. The molecule has 0 bridgehead atoms. The smallest absolute Gasteiger partial charge is 0.223 e. The summed E-state index contributed by atoms with van der Waals surface area (Å²) < 4.78 is 0. The van der Waals surface area contributed by atoms with Crippen LogP contribution in [0.2, 0.25) is 0 Å².